The standard InChI is InChI=1S/C22H22N2O2S/c1-14(25)24-21(16-10-12-17(26-2)13-11-16)19-9-5-7-15-6-3-4-8-18(15)20(19)23-22(24)27/h3-4,6,8,10-13,21H,5,7,9H2,1-2H3,(H,23,27). The number of nitrogens with zero attached hydrogens (tertiary/aromatic N) is 1. The molecule has 138 valence electrons. The Bertz CT molecular complexity index is 934. The predicted molar refractivity (Wildman–Crippen MR) is 110 cm³/mol. The highest BCUT2D eigenvalue weighted by atomic mass is 32.1. The van der Waals surface area contributed by atoms with Gasteiger partial charge < -0.3 is 10.1 Å². The number of carbonyl (C=O) groups is 1. The lowest BCUT2D eigenvalue weighted by atomic mass is 9.89. The third kappa shape index (κ3) is 3.12. The number of hydrogen-bond donors (Lipinski definition) is 1. The summed E-state index contributed by atoms with van der Waals surface area (Å²) in [6.45, 7) is 1.57. The molecule has 2 aliphatic rings. The first-order valence-corrected chi connectivity index (χ1v) is 9.57. The first-order chi connectivity index (χ1) is 13.1. The summed E-state index contributed by atoms with van der Waals surface area (Å²) < 4.78 is 5.29. The van der Waals surface area contributed by atoms with Crippen molar-refractivity contribution in [2.24, 2.45) is 0 Å². The number of amides is 1. The van der Waals surface area contributed by atoms with Gasteiger partial charge in [-0.2, -0.15) is 0 Å². The molecule has 0 spiro atoms. The van der Waals surface area contributed by atoms with Gasteiger partial charge in [0.1, 0.15) is 5.75 Å². The van der Waals surface area contributed by atoms with Crippen LogP contribution < -0.4 is 10.1 Å². The number of carbonyl (C=O) groups excluding carboxylic acids is 1. The van der Waals surface area contributed by atoms with Crippen LogP contribution in [0, 0.1) is 0 Å². The number of rotatable bonds is 2. The van der Waals surface area contributed by atoms with Crippen molar-refractivity contribution in [1.82, 2.24) is 10.2 Å². The maximum atomic E-state index is 12.5. The van der Waals surface area contributed by atoms with Gasteiger partial charge in [0, 0.05) is 18.2 Å². The van der Waals surface area contributed by atoms with Gasteiger partial charge >= 0.3 is 0 Å². The van der Waals surface area contributed by atoms with Gasteiger partial charge in [0.05, 0.1) is 13.2 Å². The van der Waals surface area contributed by atoms with Crippen LogP contribution in [0.1, 0.15) is 42.5 Å². The van der Waals surface area contributed by atoms with Crippen molar-refractivity contribution in [2.75, 3.05) is 7.11 Å². The smallest absolute Gasteiger partial charge is 0.226 e. The van der Waals surface area contributed by atoms with Gasteiger partial charge in [0.25, 0.3) is 0 Å². The van der Waals surface area contributed by atoms with E-state index in [1.54, 1.807) is 18.9 Å². The second-order valence-corrected chi connectivity index (χ2v) is 7.29. The van der Waals surface area contributed by atoms with Crippen molar-refractivity contribution in [2.45, 2.75) is 32.2 Å². The largest absolute Gasteiger partial charge is 0.497 e. The summed E-state index contributed by atoms with van der Waals surface area (Å²) in [5.74, 6) is 0.738. The number of thiocarbonyl (C=S) groups is 1. The highest BCUT2D eigenvalue weighted by molar-refractivity contribution is 7.80. The number of ether oxygens (including phenoxy) is 1. The third-order valence-corrected chi connectivity index (χ3v) is 5.61. The van der Waals surface area contributed by atoms with E-state index in [1.807, 2.05) is 24.3 Å². The fourth-order valence-electron chi connectivity index (χ4n) is 4.07. The molecule has 1 amide bonds. The Balaban J connectivity index is 1.91. The van der Waals surface area contributed by atoms with E-state index in [9.17, 15) is 4.79 Å². The van der Waals surface area contributed by atoms with E-state index in [0.717, 1.165) is 36.3 Å². The molecule has 4 nitrogen and oxygen atoms in total. The van der Waals surface area contributed by atoms with Gasteiger partial charge in [-0.25, -0.2) is 0 Å². The minimum atomic E-state index is -0.191. The summed E-state index contributed by atoms with van der Waals surface area (Å²) in [7, 11) is 1.65. The van der Waals surface area contributed by atoms with Crippen LogP contribution in [0.15, 0.2) is 54.1 Å². The monoisotopic (exact) mass is 378 g/mol. The molecule has 0 fully saturated rings. The highest BCUT2D eigenvalue weighted by Gasteiger charge is 2.37. The van der Waals surface area contributed by atoms with Crippen LogP contribution in [0.25, 0.3) is 5.70 Å². The lowest BCUT2D eigenvalue weighted by molar-refractivity contribution is -0.126. The number of fused-ring (bicyclic) bond motifs is 2. The maximum Gasteiger partial charge on any atom is 0.226 e. The van der Waals surface area contributed by atoms with E-state index >= 15 is 0 Å². The summed E-state index contributed by atoms with van der Waals surface area (Å²) in [5, 5.41) is 3.82. The van der Waals surface area contributed by atoms with Crippen LogP contribution in [0.4, 0.5) is 0 Å². The molecule has 27 heavy (non-hydrogen) atoms. The minimum absolute atomic E-state index is 0.0580. The van der Waals surface area contributed by atoms with E-state index < -0.39 is 0 Å². The average Bonchev–Trinajstić information content (AvgIpc) is 2.86. The summed E-state index contributed by atoms with van der Waals surface area (Å²) in [6.07, 6.45) is 2.98. The molecule has 1 heterocycles. The molecule has 0 aromatic heterocycles. The Labute approximate surface area is 164 Å². The Hall–Kier alpha value is -2.66. The van der Waals surface area contributed by atoms with Crippen LogP contribution in [0.2, 0.25) is 0 Å². The highest BCUT2D eigenvalue weighted by Crippen LogP contribution is 2.42. The molecule has 2 aromatic carbocycles. The summed E-state index contributed by atoms with van der Waals surface area (Å²) in [4.78, 5) is 14.2. The van der Waals surface area contributed by atoms with Crippen LogP contribution in [0.3, 0.4) is 0 Å². The zero-order valence-electron chi connectivity index (χ0n) is 15.5. The fraction of sp³-hybridized carbons (Fsp3) is 0.273. The predicted octanol–water partition coefficient (Wildman–Crippen LogP) is 4.22. The molecular formula is C22H22N2O2S. The van der Waals surface area contributed by atoms with Gasteiger partial charge in [-0.05, 0) is 60.3 Å². The molecule has 0 saturated carbocycles. The molecule has 1 aliphatic carbocycles. The molecule has 0 radical (unpaired) electrons. The molecular weight excluding hydrogens is 356 g/mol. The first kappa shape index (κ1) is 17.7. The third-order valence-electron chi connectivity index (χ3n) is 5.31. The SMILES string of the molecule is COc1ccc(C2C3=C(NC(=S)N2C(C)=O)c2ccccc2CCC3)cc1. The number of methoxy groups -OCH3 is 1. The number of benzene rings is 2. The quantitative estimate of drug-likeness (QED) is 0.795. The molecule has 5 heteroatoms. The maximum absolute atomic E-state index is 12.5. The van der Waals surface area contributed by atoms with Crippen molar-refractivity contribution >= 4 is 28.9 Å². The molecule has 1 unspecified atom stereocenters. The molecule has 0 bridgehead atoms. The normalized spacial score (nSPS) is 19.0. The topological polar surface area (TPSA) is 41.6 Å². The van der Waals surface area contributed by atoms with E-state index in [-0.39, 0.29) is 11.9 Å². The van der Waals surface area contributed by atoms with Crippen LogP contribution in [0.5, 0.6) is 5.75 Å². The summed E-state index contributed by atoms with van der Waals surface area (Å²) >= 11 is 5.61. The number of hydrogen-bond acceptors (Lipinski definition) is 3. The molecule has 2 aromatic rings. The van der Waals surface area contributed by atoms with Crippen molar-refractivity contribution < 1.29 is 9.53 Å². The summed E-state index contributed by atoms with van der Waals surface area (Å²) in [5.41, 5.74) is 5.83. The van der Waals surface area contributed by atoms with Gasteiger partial charge in [-0.15, -0.1) is 0 Å². The van der Waals surface area contributed by atoms with Crippen LogP contribution in [-0.4, -0.2) is 23.0 Å². The lowest BCUT2D eigenvalue weighted by Crippen LogP contribution is -2.49. The van der Waals surface area contributed by atoms with Gasteiger partial charge in [-0.3, -0.25) is 9.69 Å². The average molecular weight is 378 g/mol. The zero-order valence-corrected chi connectivity index (χ0v) is 16.3. The van der Waals surface area contributed by atoms with Crippen molar-refractivity contribution in [3.63, 3.8) is 0 Å². The second kappa shape index (κ2) is 7.16. The lowest BCUT2D eigenvalue weighted by Gasteiger charge is -2.39. The molecule has 1 N–H and O–H groups in total. The summed E-state index contributed by atoms with van der Waals surface area (Å²) in [6, 6.07) is 16.2. The Morgan fingerprint density at radius 1 is 1.15 bits per heavy atom. The van der Waals surface area contributed by atoms with Crippen molar-refractivity contribution in [3.8, 4) is 5.75 Å². The van der Waals surface area contributed by atoms with Gasteiger partial charge in [0.15, 0.2) is 5.11 Å². The van der Waals surface area contributed by atoms with Crippen LogP contribution >= 0.6 is 12.2 Å². The van der Waals surface area contributed by atoms with Gasteiger partial charge in [0.2, 0.25) is 5.91 Å². The number of aryl methyl sites for hydroxylation is 1. The molecule has 1 atom stereocenters. The molecule has 0 saturated heterocycles. The van der Waals surface area contributed by atoms with Crippen molar-refractivity contribution in [3.05, 3.63) is 70.8 Å². The Morgan fingerprint density at radius 3 is 2.59 bits per heavy atom. The Kier molecular flexibility index (Phi) is 4.70. The Morgan fingerprint density at radius 2 is 1.89 bits per heavy atom. The van der Waals surface area contributed by atoms with Crippen LogP contribution in [-0.2, 0) is 11.2 Å². The fourth-order valence-corrected chi connectivity index (χ4v) is 4.41. The second-order valence-electron chi connectivity index (χ2n) is 6.91. The van der Waals surface area contributed by atoms with E-state index in [2.05, 4.69) is 29.6 Å². The number of nitrogens with one attached hydrogen (secondary N) is 1. The van der Waals surface area contributed by atoms with E-state index in [1.165, 1.54) is 16.7 Å². The zero-order chi connectivity index (χ0) is 19.0. The first-order valence-electron chi connectivity index (χ1n) is 9.16. The molecule has 1 aliphatic heterocycles. The van der Waals surface area contributed by atoms with E-state index in [0.29, 0.717) is 5.11 Å². The van der Waals surface area contributed by atoms with Gasteiger partial charge in [-0.1, -0.05) is 36.4 Å². The van der Waals surface area contributed by atoms with E-state index in [4.69, 9.17) is 17.0 Å². The molecule has 4 rings (SSSR count). The minimum Gasteiger partial charge on any atom is -0.497 e. The van der Waals surface area contributed by atoms with Crippen molar-refractivity contribution in [1.29, 1.82) is 0 Å².